The van der Waals surface area contributed by atoms with Gasteiger partial charge in [0, 0.05) is 26.0 Å². The summed E-state index contributed by atoms with van der Waals surface area (Å²) in [7, 11) is 0. The second-order valence-corrected chi connectivity index (χ2v) is 4.64. The van der Waals surface area contributed by atoms with Crippen molar-refractivity contribution in [3.63, 3.8) is 0 Å². The molecule has 6 heteroatoms. The summed E-state index contributed by atoms with van der Waals surface area (Å²) in [6, 6.07) is 6.53. The number of amides is 1. The molecule has 0 saturated carbocycles. The zero-order valence-corrected chi connectivity index (χ0v) is 11.5. The number of aromatic nitrogens is 1. The van der Waals surface area contributed by atoms with Gasteiger partial charge >= 0.3 is 0 Å². The predicted molar refractivity (Wildman–Crippen MR) is 71.0 cm³/mol. The Morgan fingerprint density at radius 1 is 1.14 bits per heavy atom. The number of hydrogen-bond donors (Lipinski definition) is 1. The van der Waals surface area contributed by atoms with E-state index in [0.717, 1.165) is 17.8 Å². The number of nitrogens with zero attached hydrogens (tertiary/aromatic N) is 1. The highest BCUT2D eigenvalue weighted by atomic mass is 19.2. The standard InChI is InChI=1S/C15H13F3N2O/c1-9-5-3-4-8-20(9)10(2)15(21)19-12-7-6-11(16)13(17)14(12)18/h3-8,10H,1-2H3/p+1/t10-/m0/s1. The van der Waals surface area contributed by atoms with Gasteiger partial charge in [0.1, 0.15) is 0 Å². The Kier molecular flexibility index (Phi) is 4.26. The lowest BCUT2D eigenvalue weighted by Gasteiger charge is -2.11. The number of aryl methyl sites for hydroxylation is 1. The maximum atomic E-state index is 13.5. The van der Waals surface area contributed by atoms with Crippen molar-refractivity contribution in [1.82, 2.24) is 0 Å². The highest BCUT2D eigenvalue weighted by molar-refractivity contribution is 5.92. The van der Waals surface area contributed by atoms with Crippen LogP contribution in [-0.4, -0.2) is 5.91 Å². The Morgan fingerprint density at radius 3 is 2.52 bits per heavy atom. The van der Waals surface area contributed by atoms with Gasteiger partial charge in [-0.25, -0.2) is 13.2 Å². The number of rotatable bonds is 3. The molecule has 0 bridgehead atoms. The van der Waals surface area contributed by atoms with Crippen LogP contribution in [0.15, 0.2) is 36.5 Å². The van der Waals surface area contributed by atoms with E-state index in [1.54, 1.807) is 23.8 Å². The number of carbonyl (C=O) groups is 1. The summed E-state index contributed by atoms with van der Waals surface area (Å²) in [5.74, 6) is -4.85. The monoisotopic (exact) mass is 295 g/mol. The molecule has 3 nitrogen and oxygen atoms in total. The molecule has 0 fully saturated rings. The molecule has 0 aliphatic carbocycles. The Bertz CT molecular complexity index is 689. The molecule has 2 rings (SSSR count). The molecule has 0 spiro atoms. The lowest BCUT2D eigenvalue weighted by atomic mass is 10.2. The smallest absolute Gasteiger partial charge is 0.293 e. The first-order chi connectivity index (χ1) is 9.91. The fourth-order valence-corrected chi connectivity index (χ4v) is 1.96. The lowest BCUT2D eigenvalue weighted by molar-refractivity contribution is -0.711. The molecule has 0 aliphatic heterocycles. The topological polar surface area (TPSA) is 33.0 Å². The van der Waals surface area contributed by atoms with Gasteiger partial charge in [0.15, 0.2) is 29.3 Å². The van der Waals surface area contributed by atoms with E-state index in [1.807, 2.05) is 19.1 Å². The third kappa shape index (κ3) is 3.04. The molecule has 0 unspecified atom stereocenters. The van der Waals surface area contributed by atoms with Gasteiger partial charge in [-0.1, -0.05) is 6.07 Å². The fourth-order valence-electron chi connectivity index (χ4n) is 1.96. The van der Waals surface area contributed by atoms with Gasteiger partial charge < -0.3 is 5.32 Å². The zero-order valence-electron chi connectivity index (χ0n) is 11.5. The quantitative estimate of drug-likeness (QED) is 0.685. The number of nitrogens with one attached hydrogen (secondary N) is 1. The minimum absolute atomic E-state index is 0.389. The van der Waals surface area contributed by atoms with Crippen LogP contribution in [0.3, 0.4) is 0 Å². The fraction of sp³-hybridized carbons (Fsp3) is 0.200. The molecule has 0 radical (unpaired) electrons. The van der Waals surface area contributed by atoms with Crippen molar-refractivity contribution < 1.29 is 22.5 Å². The van der Waals surface area contributed by atoms with Crippen LogP contribution in [0, 0.1) is 24.4 Å². The van der Waals surface area contributed by atoms with E-state index in [-0.39, 0.29) is 5.69 Å². The van der Waals surface area contributed by atoms with E-state index in [0.29, 0.717) is 0 Å². The highest BCUT2D eigenvalue weighted by Gasteiger charge is 2.25. The summed E-state index contributed by atoms with van der Waals surface area (Å²) in [5, 5.41) is 2.26. The van der Waals surface area contributed by atoms with E-state index in [1.165, 1.54) is 0 Å². The first-order valence-electron chi connectivity index (χ1n) is 6.33. The van der Waals surface area contributed by atoms with Gasteiger partial charge in [-0.2, -0.15) is 4.57 Å². The van der Waals surface area contributed by atoms with Gasteiger partial charge in [-0.05, 0) is 12.1 Å². The third-order valence-electron chi connectivity index (χ3n) is 3.19. The SMILES string of the molecule is Cc1cccc[n+]1[C@@H](C)C(=O)Nc1ccc(F)c(F)c1F. The van der Waals surface area contributed by atoms with E-state index in [4.69, 9.17) is 0 Å². The van der Waals surface area contributed by atoms with Crippen LogP contribution in [-0.2, 0) is 4.79 Å². The molecule has 110 valence electrons. The number of halogens is 3. The van der Waals surface area contributed by atoms with Crippen molar-refractivity contribution in [1.29, 1.82) is 0 Å². The summed E-state index contributed by atoms with van der Waals surface area (Å²) >= 11 is 0. The number of pyridine rings is 1. The summed E-state index contributed by atoms with van der Waals surface area (Å²) in [6.45, 7) is 3.45. The molecule has 0 saturated heterocycles. The molecule has 0 aliphatic rings. The Hall–Kier alpha value is -2.37. The van der Waals surface area contributed by atoms with Gasteiger partial charge in [0.25, 0.3) is 5.91 Å². The van der Waals surface area contributed by atoms with E-state index >= 15 is 0 Å². The molecule has 1 N–H and O–H groups in total. The Morgan fingerprint density at radius 2 is 1.86 bits per heavy atom. The van der Waals surface area contributed by atoms with Crippen molar-refractivity contribution in [2.75, 3.05) is 5.32 Å². The summed E-state index contributed by atoms with van der Waals surface area (Å²) in [6.07, 6.45) is 1.71. The summed E-state index contributed by atoms with van der Waals surface area (Å²) in [4.78, 5) is 12.1. The predicted octanol–water partition coefficient (Wildman–Crippen LogP) is 2.90. The minimum atomic E-state index is -1.61. The maximum Gasteiger partial charge on any atom is 0.293 e. The second kappa shape index (κ2) is 5.95. The molecule has 1 aromatic carbocycles. The van der Waals surface area contributed by atoms with Crippen LogP contribution in [0.25, 0.3) is 0 Å². The molecule has 1 aromatic heterocycles. The van der Waals surface area contributed by atoms with E-state index < -0.39 is 29.4 Å². The van der Waals surface area contributed by atoms with Crippen LogP contribution >= 0.6 is 0 Å². The highest BCUT2D eigenvalue weighted by Crippen LogP contribution is 2.20. The molecule has 1 heterocycles. The number of carbonyl (C=O) groups excluding carboxylic acids is 1. The van der Waals surface area contributed by atoms with E-state index in [9.17, 15) is 18.0 Å². The molecular formula is C15H14F3N2O+. The number of benzene rings is 1. The minimum Gasteiger partial charge on any atom is -0.318 e. The molecular weight excluding hydrogens is 281 g/mol. The average molecular weight is 295 g/mol. The summed E-state index contributed by atoms with van der Waals surface area (Å²) in [5.41, 5.74) is 0.450. The Labute approximate surface area is 120 Å². The molecule has 21 heavy (non-hydrogen) atoms. The Balaban J connectivity index is 2.23. The van der Waals surface area contributed by atoms with Crippen LogP contribution in [0.4, 0.5) is 18.9 Å². The lowest BCUT2D eigenvalue weighted by Crippen LogP contribution is -2.46. The number of anilines is 1. The largest absolute Gasteiger partial charge is 0.318 e. The van der Waals surface area contributed by atoms with Crippen LogP contribution < -0.4 is 9.88 Å². The van der Waals surface area contributed by atoms with Gasteiger partial charge in [0.05, 0.1) is 5.69 Å². The molecule has 1 amide bonds. The van der Waals surface area contributed by atoms with Crippen molar-refractivity contribution >= 4 is 11.6 Å². The molecule has 2 aromatic rings. The van der Waals surface area contributed by atoms with Crippen molar-refractivity contribution in [2.24, 2.45) is 0 Å². The van der Waals surface area contributed by atoms with Crippen molar-refractivity contribution in [3.8, 4) is 0 Å². The zero-order chi connectivity index (χ0) is 15.6. The normalized spacial score (nSPS) is 12.0. The van der Waals surface area contributed by atoms with Crippen molar-refractivity contribution in [2.45, 2.75) is 19.9 Å². The van der Waals surface area contributed by atoms with Crippen molar-refractivity contribution in [3.05, 3.63) is 59.7 Å². The molecule has 1 atom stereocenters. The maximum absolute atomic E-state index is 13.5. The van der Waals surface area contributed by atoms with Gasteiger partial charge in [-0.15, -0.1) is 0 Å². The van der Waals surface area contributed by atoms with E-state index in [2.05, 4.69) is 5.32 Å². The van der Waals surface area contributed by atoms with Gasteiger partial charge in [0.2, 0.25) is 6.04 Å². The second-order valence-electron chi connectivity index (χ2n) is 4.64. The summed E-state index contributed by atoms with van der Waals surface area (Å²) < 4.78 is 41.2. The van der Waals surface area contributed by atoms with Gasteiger partial charge in [-0.3, -0.25) is 4.79 Å². The number of hydrogen-bond acceptors (Lipinski definition) is 1. The third-order valence-corrected chi connectivity index (χ3v) is 3.19. The average Bonchev–Trinajstić information content (AvgIpc) is 2.47. The van der Waals surface area contributed by atoms with Crippen LogP contribution in [0.2, 0.25) is 0 Å². The van der Waals surface area contributed by atoms with Crippen LogP contribution in [0.1, 0.15) is 18.7 Å². The first kappa shape index (κ1) is 15.0. The van der Waals surface area contributed by atoms with Crippen LogP contribution in [0.5, 0.6) is 0 Å². The first-order valence-corrected chi connectivity index (χ1v) is 6.33.